The third-order valence-corrected chi connectivity index (χ3v) is 5.12. The van der Waals surface area contributed by atoms with Crippen LogP contribution in [0.2, 0.25) is 0 Å². The van der Waals surface area contributed by atoms with Gasteiger partial charge in [0.25, 0.3) is 0 Å². The number of hydrogen-bond acceptors (Lipinski definition) is 0. The number of hydrogen-bond donors (Lipinski definition) is 0. The number of aryl methyl sites for hydroxylation is 2. The molecule has 0 aliphatic rings. The van der Waals surface area contributed by atoms with Crippen molar-refractivity contribution in [1.29, 1.82) is 0 Å². The third kappa shape index (κ3) is 3.82. The Bertz CT molecular complexity index is 942. The van der Waals surface area contributed by atoms with Crippen LogP contribution in [0.1, 0.15) is 57.2 Å². The molecule has 0 bridgehead atoms. The predicted molar refractivity (Wildman–Crippen MR) is 113 cm³/mol. The van der Waals surface area contributed by atoms with Crippen molar-refractivity contribution in [3.05, 3.63) is 65.4 Å². The van der Waals surface area contributed by atoms with E-state index >= 15 is 0 Å². The van der Waals surface area contributed by atoms with Crippen molar-refractivity contribution in [2.24, 2.45) is 12.5 Å². The van der Waals surface area contributed by atoms with E-state index in [4.69, 9.17) is 0 Å². The van der Waals surface area contributed by atoms with Crippen molar-refractivity contribution in [2.75, 3.05) is 0 Å². The first-order valence-electron chi connectivity index (χ1n) is 9.68. The average Bonchev–Trinajstić information content (AvgIpc) is 2.54. The van der Waals surface area contributed by atoms with Gasteiger partial charge in [-0.15, -0.1) is 0 Å². The van der Waals surface area contributed by atoms with Gasteiger partial charge in [0, 0.05) is 11.6 Å². The number of pyridine rings is 1. The lowest BCUT2D eigenvalue weighted by molar-refractivity contribution is -0.659. The van der Waals surface area contributed by atoms with Crippen LogP contribution in [0.25, 0.3) is 22.0 Å². The minimum Gasteiger partial charge on any atom is -0.200 e. The van der Waals surface area contributed by atoms with Crippen LogP contribution in [0.4, 0.5) is 0 Å². The molecule has 1 aromatic heterocycles. The Labute approximate surface area is 158 Å². The summed E-state index contributed by atoms with van der Waals surface area (Å²) in [6.07, 6.45) is 3.29. The Morgan fingerprint density at radius 1 is 0.962 bits per heavy atom. The Kier molecular flexibility index (Phi) is 4.92. The van der Waals surface area contributed by atoms with E-state index in [2.05, 4.69) is 102 Å². The van der Waals surface area contributed by atoms with Crippen LogP contribution in [0, 0.1) is 12.3 Å². The van der Waals surface area contributed by atoms with Crippen molar-refractivity contribution in [3.8, 4) is 11.3 Å². The summed E-state index contributed by atoms with van der Waals surface area (Å²) < 4.78 is 2.26. The highest BCUT2D eigenvalue weighted by atomic mass is 14.9. The molecule has 0 saturated heterocycles. The van der Waals surface area contributed by atoms with Gasteiger partial charge in [0.1, 0.15) is 7.05 Å². The average molecular weight is 347 g/mol. The summed E-state index contributed by atoms with van der Waals surface area (Å²) in [5.41, 5.74) is 7.09. The molecule has 0 amide bonds. The Balaban J connectivity index is 2.20. The van der Waals surface area contributed by atoms with E-state index < -0.39 is 0 Å². The van der Waals surface area contributed by atoms with Gasteiger partial charge < -0.3 is 0 Å². The number of fused-ring (bicyclic) bond motifs is 1. The fourth-order valence-corrected chi connectivity index (χ4v) is 3.73. The third-order valence-electron chi connectivity index (χ3n) is 5.12. The molecule has 3 aromatic rings. The van der Waals surface area contributed by atoms with Gasteiger partial charge in [0.2, 0.25) is 5.69 Å². The number of benzene rings is 2. The van der Waals surface area contributed by atoms with Crippen molar-refractivity contribution in [3.63, 3.8) is 0 Å². The van der Waals surface area contributed by atoms with Crippen LogP contribution in [0.5, 0.6) is 0 Å². The van der Waals surface area contributed by atoms with Crippen molar-refractivity contribution >= 4 is 10.8 Å². The molecule has 1 nitrogen and oxygen atoms in total. The highest BCUT2D eigenvalue weighted by molar-refractivity contribution is 5.94. The standard InChI is InChI=1S/C25H32N/c1-17(2)20-10-8-18(3)23(15-20)24-22-11-9-19(16-25(4,5)6)14-21(22)12-13-26(24)7/h8-15,17H,16H2,1-7H3/q+1. The second-order valence-electron chi connectivity index (χ2n) is 9.16. The molecular weight excluding hydrogens is 314 g/mol. The second kappa shape index (κ2) is 6.87. The van der Waals surface area contributed by atoms with E-state index in [0.29, 0.717) is 11.3 Å². The maximum atomic E-state index is 2.37. The summed E-state index contributed by atoms with van der Waals surface area (Å²) >= 11 is 0. The zero-order valence-corrected chi connectivity index (χ0v) is 17.4. The molecule has 0 unspecified atom stereocenters. The zero-order chi connectivity index (χ0) is 19.1. The summed E-state index contributed by atoms with van der Waals surface area (Å²) in [4.78, 5) is 0. The van der Waals surface area contributed by atoms with Gasteiger partial charge in [-0.3, -0.25) is 0 Å². The minimum absolute atomic E-state index is 0.304. The largest absolute Gasteiger partial charge is 0.220 e. The SMILES string of the molecule is Cc1ccc(C(C)C)cc1-c1c2ccc(CC(C)(C)C)cc2cc[n+]1C. The molecule has 0 radical (unpaired) electrons. The molecule has 1 heteroatoms. The summed E-state index contributed by atoms with van der Waals surface area (Å²) in [6.45, 7) is 13.6. The van der Waals surface area contributed by atoms with E-state index in [0.717, 1.165) is 6.42 Å². The first-order chi connectivity index (χ1) is 12.2. The molecular formula is C25H32N+. The van der Waals surface area contributed by atoms with Crippen molar-refractivity contribution < 1.29 is 4.57 Å². The first-order valence-corrected chi connectivity index (χ1v) is 9.68. The van der Waals surface area contributed by atoms with Crippen LogP contribution in [0.3, 0.4) is 0 Å². The van der Waals surface area contributed by atoms with Gasteiger partial charge in [-0.25, -0.2) is 4.57 Å². The van der Waals surface area contributed by atoms with Gasteiger partial charge in [-0.05, 0) is 58.9 Å². The molecule has 26 heavy (non-hydrogen) atoms. The normalized spacial score (nSPS) is 12.2. The first kappa shape index (κ1) is 18.6. The molecule has 0 aliphatic heterocycles. The maximum Gasteiger partial charge on any atom is 0.220 e. The highest BCUT2D eigenvalue weighted by Crippen LogP contribution is 2.32. The zero-order valence-electron chi connectivity index (χ0n) is 17.4. The molecule has 136 valence electrons. The summed E-state index contributed by atoms with van der Waals surface area (Å²) in [6, 6.07) is 16.1. The van der Waals surface area contributed by atoms with Crippen LogP contribution in [-0.2, 0) is 13.5 Å². The predicted octanol–water partition coefficient (Wildman–Crippen LogP) is 6.35. The van der Waals surface area contributed by atoms with E-state index in [9.17, 15) is 0 Å². The fraction of sp³-hybridized carbons (Fsp3) is 0.400. The van der Waals surface area contributed by atoms with Crippen molar-refractivity contribution in [2.45, 2.75) is 53.9 Å². The van der Waals surface area contributed by atoms with Gasteiger partial charge in [-0.2, -0.15) is 0 Å². The number of rotatable bonds is 3. The molecule has 0 spiro atoms. The topological polar surface area (TPSA) is 3.88 Å². The Morgan fingerprint density at radius 2 is 1.69 bits per heavy atom. The molecule has 0 aliphatic carbocycles. The lowest BCUT2D eigenvalue weighted by atomic mass is 9.87. The monoisotopic (exact) mass is 346 g/mol. The number of aromatic nitrogens is 1. The van der Waals surface area contributed by atoms with Gasteiger partial charge in [0.15, 0.2) is 6.20 Å². The van der Waals surface area contributed by atoms with Crippen LogP contribution in [-0.4, -0.2) is 0 Å². The quantitative estimate of drug-likeness (QED) is 0.486. The molecule has 3 rings (SSSR count). The summed E-state index contributed by atoms with van der Waals surface area (Å²) in [5, 5.41) is 2.66. The van der Waals surface area contributed by atoms with Gasteiger partial charge >= 0.3 is 0 Å². The number of nitrogens with zero attached hydrogens (tertiary/aromatic N) is 1. The van der Waals surface area contributed by atoms with E-state index in [1.165, 1.54) is 38.7 Å². The summed E-state index contributed by atoms with van der Waals surface area (Å²) in [5.74, 6) is 0.535. The molecule has 0 saturated carbocycles. The van der Waals surface area contributed by atoms with E-state index in [1.54, 1.807) is 0 Å². The fourth-order valence-electron chi connectivity index (χ4n) is 3.73. The summed E-state index contributed by atoms with van der Waals surface area (Å²) in [7, 11) is 2.15. The molecule has 0 N–H and O–H groups in total. The highest BCUT2D eigenvalue weighted by Gasteiger charge is 2.19. The van der Waals surface area contributed by atoms with E-state index in [-0.39, 0.29) is 0 Å². The van der Waals surface area contributed by atoms with Gasteiger partial charge in [-0.1, -0.05) is 58.9 Å². The smallest absolute Gasteiger partial charge is 0.200 e. The second-order valence-corrected chi connectivity index (χ2v) is 9.16. The van der Waals surface area contributed by atoms with E-state index in [1.807, 2.05) is 0 Å². The Hall–Kier alpha value is -2.15. The Morgan fingerprint density at radius 3 is 2.35 bits per heavy atom. The lowest BCUT2D eigenvalue weighted by Crippen LogP contribution is -2.30. The van der Waals surface area contributed by atoms with Gasteiger partial charge in [0.05, 0.1) is 5.39 Å². The van der Waals surface area contributed by atoms with Crippen LogP contribution >= 0.6 is 0 Å². The molecule has 0 atom stereocenters. The molecule has 1 heterocycles. The molecule has 2 aromatic carbocycles. The molecule has 0 fully saturated rings. The van der Waals surface area contributed by atoms with Crippen LogP contribution in [0.15, 0.2) is 48.7 Å². The van der Waals surface area contributed by atoms with Crippen molar-refractivity contribution in [1.82, 2.24) is 0 Å². The maximum absolute atomic E-state index is 2.37. The lowest BCUT2D eigenvalue weighted by Gasteiger charge is -2.18. The van der Waals surface area contributed by atoms with Crippen LogP contribution < -0.4 is 4.57 Å². The minimum atomic E-state index is 0.304.